The van der Waals surface area contributed by atoms with Crippen molar-refractivity contribution < 1.29 is 9.84 Å². The molecule has 0 unspecified atom stereocenters. The molecule has 5 heteroatoms. The van der Waals surface area contributed by atoms with Crippen LogP contribution in [0.15, 0.2) is 66.9 Å². The predicted octanol–water partition coefficient (Wildman–Crippen LogP) is 5.42. The highest BCUT2D eigenvalue weighted by Crippen LogP contribution is 2.27. The third-order valence-corrected chi connectivity index (χ3v) is 5.91. The number of pyridine rings is 1. The van der Waals surface area contributed by atoms with Gasteiger partial charge in [-0.05, 0) is 79.6 Å². The summed E-state index contributed by atoms with van der Waals surface area (Å²) in [7, 11) is 0. The summed E-state index contributed by atoms with van der Waals surface area (Å²) in [4.78, 5) is 6.94. The van der Waals surface area contributed by atoms with Crippen LogP contribution in [-0.2, 0) is 0 Å². The summed E-state index contributed by atoms with van der Waals surface area (Å²) in [5.41, 5.74) is 3.77. The summed E-state index contributed by atoms with van der Waals surface area (Å²) in [6.45, 7) is 2.96. The Labute approximate surface area is 201 Å². The standard InChI is InChI=1S/C28H29ClN2O2/c29-25-9-6-23(7-10-25)24-8-12-26(30-21-24)11-3-22-4-15-28(16-5-22)33-20-2-18-31(17-1-19-32)27-13-14-27/h4-10,12,15-16,21,27,32H,1-2,13-14,17-20H2. The van der Waals surface area contributed by atoms with Crippen LogP contribution in [0, 0.1) is 11.8 Å². The second-order valence-electron chi connectivity index (χ2n) is 8.26. The number of hydrogen-bond acceptors (Lipinski definition) is 4. The first-order chi connectivity index (χ1) is 16.2. The second-order valence-corrected chi connectivity index (χ2v) is 8.70. The largest absolute Gasteiger partial charge is 0.494 e. The summed E-state index contributed by atoms with van der Waals surface area (Å²) >= 11 is 5.95. The maximum atomic E-state index is 9.06. The topological polar surface area (TPSA) is 45.6 Å². The number of nitrogens with zero attached hydrogens (tertiary/aromatic N) is 2. The summed E-state index contributed by atoms with van der Waals surface area (Å²) in [5, 5.41) is 9.78. The molecule has 4 rings (SSSR count). The fraction of sp³-hybridized carbons (Fsp3) is 0.321. The van der Waals surface area contributed by atoms with Crippen molar-refractivity contribution in [2.24, 2.45) is 0 Å². The van der Waals surface area contributed by atoms with Crippen LogP contribution in [0.25, 0.3) is 11.1 Å². The number of halogens is 1. The molecule has 0 radical (unpaired) electrons. The molecule has 1 heterocycles. The van der Waals surface area contributed by atoms with Crippen LogP contribution in [0.3, 0.4) is 0 Å². The number of hydrogen-bond donors (Lipinski definition) is 1. The molecular formula is C28H29ClN2O2. The van der Waals surface area contributed by atoms with Crippen molar-refractivity contribution in [1.29, 1.82) is 0 Å². The van der Waals surface area contributed by atoms with Crippen molar-refractivity contribution in [3.63, 3.8) is 0 Å². The first-order valence-electron chi connectivity index (χ1n) is 11.5. The molecular weight excluding hydrogens is 432 g/mol. The Hall–Kier alpha value is -2.84. The first kappa shape index (κ1) is 23.3. The van der Waals surface area contributed by atoms with Gasteiger partial charge in [-0.25, -0.2) is 4.98 Å². The van der Waals surface area contributed by atoms with Crippen LogP contribution in [0.2, 0.25) is 5.02 Å². The van der Waals surface area contributed by atoms with E-state index in [0.717, 1.165) is 65.1 Å². The average molecular weight is 461 g/mol. The number of aromatic nitrogens is 1. The van der Waals surface area contributed by atoms with Crippen molar-refractivity contribution in [2.75, 3.05) is 26.3 Å². The molecule has 1 saturated carbocycles. The van der Waals surface area contributed by atoms with Crippen LogP contribution < -0.4 is 4.74 Å². The summed E-state index contributed by atoms with van der Waals surface area (Å²) in [6, 6.07) is 20.3. The monoisotopic (exact) mass is 460 g/mol. The molecule has 33 heavy (non-hydrogen) atoms. The number of benzene rings is 2. The molecule has 1 aromatic heterocycles. The van der Waals surface area contributed by atoms with E-state index in [9.17, 15) is 0 Å². The molecule has 0 atom stereocenters. The van der Waals surface area contributed by atoms with E-state index in [1.54, 1.807) is 0 Å². The normalized spacial score (nSPS) is 12.9. The molecule has 0 spiro atoms. The van der Waals surface area contributed by atoms with E-state index in [2.05, 4.69) is 21.7 Å². The SMILES string of the molecule is OCCCN(CCCOc1ccc(C#Cc2ccc(-c3ccc(Cl)cc3)cn2)cc1)C1CC1. The Bertz CT molecular complexity index is 1070. The van der Waals surface area contributed by atoms with Gasteiger partial charge in [-0.3, -0.25) is 0 Å². The van der Waals surface area contributed by atoms with E-state index in [1.165, 1.54) is 12.8 Å². The second kappa shape index (κ2) is 11.9. The van der Waals surface area contributed by atoms with Crippen LogP contribution in [0.4, 0.5) is 0 Å². The Morgan fingerprint density at radius 2 is 1.64 bits per heavy atom. The molecule has 2 aromatic carbocycles. The highest BCUT2D eigenvalue weighted by Gasteiger charge is 2.27. The van der Waals surface area contributed by atoms with E-state index in [1.807, 2.05) is 66.9 Å². The van der Waals surface area contributed by atoms with Gasteiger partial charge < -0.3 is 14.7 Å². The van der Waals surface area contributed by atoms with Crippen LogP contribution in [0.5, 0.6) is 5.75 Å². The van der Waals surface area contributed by atoms with Gasteiger partial charge in [0.2, 0.25) is 0 Å². The molecule has 1 N–H and O–H groups in total. The van der Waals surface area contributed by atoms with E-state index in [0.29, 0.717) is 6.61 Å². The molecule has 0 saturated heterocycles. The predicted molar refractivity (Wildman–Crippen MR) is 134 cm³/mol. The van der Waals surface area contributed by atoms with Crippen molar-refractivity contribution in [3.05, 3.63) is 83.1 Å². The quantitative estimate of drug-likeness (QED) is 0.324. The highest BCUT2D eigenvalue weighted by atomic mass is 35.5. The molecule has 1 aliphatic carbocycles. The zero-order chi connectivity index (χ0) is 22.9. The van der Waals surface area contributed by atoms with Gasteiger partial charge >= 0.3 is 0 Å². The Kier molecular flexibility index (Phi) is 8.38. The number of aliphatic hydroxyl groups excluding tert-OH is 1. The van der Waals surface area contributed by atoms with Crippen molar-refractivity contribution >= 4 is 11.6 Å². The van der Waals surface area contributed by atoms with Gasteiger partial charge in [-0.1, -0.05) is 35.7 Å². The van der Waals surface area contributed by atoms with E-state index < -0.39 is 0 Å². The maximum absolute atomic E-state index is 9.06. The summed E-state index contributed by atoms with van der Waals surface area (Å²) < 4.78 is 5.90. The van der Waals surface area contributed by atoms with Gasteiger partial charge in [-0.2, -0.15) is 0 Å². The van der Waals surface area contributed by atoms with E-state index >= 15 is 0 Å². The Morgan fingerprint density at radius 3 is 2.30 bits per heavy atom. The molecule has 0 amide bonds. The van der Waals surface area contributed by atoms with Gasteiger partial charge in [0.25, 0.3) is 0 Å². The first-order valence-corrected chi connectivity index (χ1v) is 11.9. The minimum Gasteiger partial charge on any atom is -0.494 e. The fourth-order valence-corrected chi connectivity index (χ4v) is 3.83. The summed E-state index contributed by atoms with van der Waals surface area (Å²) in [5.74, 6) is 7.14. The third-order valence-electron chi connectivity index (χ3n) is 5.66. The fourth-order valence-electron chi connectivity index (χ4n) is 3.70. The average Bonchev–Trinajstić information content (AvgIpc) is 3.69. The molecule has 0 bridgehead atoms. The maximum Gasteiger partial charge on any atom is 0.119 e. The van der Waals surface area contributed by atoms with Gasteiger partial charge in [0, 0.05) is 48.1 Å². The molecule has 1 aliphatic rings. The van der Waals surface area contributed by atoms with E-state index in [4.69, 9.17) is 21.4 Å². The molecule has 0 aliphatic heterocycles. The molecule has 4 nitrogen and oxygen atoms in total. The van der Waals surface area contributed by atoms with Crippen molar-refractivity contribution in [1.82, 2.24) is 9.88 Å². The smallest absolute Gasteiger partial charge is 0.119 e. The van der Waals surface area contributed by atoms with Gasteiger partial charge in [0.05, 0.1) is 6.61 Å². The lowest BCUT2D eigenvalue weighted by Crippen LogP contribution is -2.29. The number of rotatable bonds is 10. The zero-order valence-corrected chi connectivity index (χ0v) is 19.5. The van der Waals surface area contributed by atoms with Gasteiger partial charge in [0.15, 0.2) is 0 Å². The number of aliphatic hydroxyl groups is 1. The van der Waals surface area contributed by atoms with Gasteiger partial charge in [0.1, 0.15) is 11.4 Å². The van der Waals surface area contributed by atoms with Crippen LogP contribution >= 0.6 is 11.6 Å². The Morgan fingerprint density at radius 1 is 0.909 bits per heavy atom. The van der Waals surface area contributed by atoms with Crippen LogP contribution in [0.1, 0.15) is 36.9 Å². The minimum atomic E-state index is 0.264. The zero-order valence-electron chi connectivity index (χ0n) is 18.7. The molecule has 170 valence electrons. The minimum absolute atomic E-state index is 0.264. The highest BCUT2D eigenvalue weighted by molar-refractivity contribution is 6.30. The van der Waals surface area contributed by atoms with Crippen molar-refractivity contribution in [3.8, 4) is 28.7 Å². The summed E-state index contributed by atoms with van der Waals surface area (Å²) in [6.07, 6.45) is 6.25. The molecule has 1 fully saturated rings. The van der Waals surface area contributed by atoms with Gasteiger partial charge in [-0.15, -0.1) is 0 Å². The van der Waals surface area contributed by atoms with Crippen molar-refractivity contribution in [2.45, 2.75) is 31.7 Å². The molecule has 3 aromatic rings. The van der Waals surface area contributed by atoms with E-state index in [-0.39, 0.29) is 6.61 Å². The van der Waals surface area contributed by atoms with Crippen LogP contribution in [-0.4, -0.2) is 47.3 Å². The Balaban J connectivity index is 1.24. The number of ether oxygens (including phenoxy) is 1. The lowest BCUT2D eigenvalue weighted by molar-refractivity contribution is 0.201. The third kappa shape index (κ3) is 7.33. The lowest BCUT2D eigenvalue weighted by Gasteiger charge is -2.21. The lowest BCUT2D eigenvalue weighted by atomic mass is 10.1.